The van der Waals surface area contributed by atoms with Gasteiger partial charge in [0.05, 0.1) is 0 Å². The molecule has 0 saturated carbocycles. The Bertz CT molecular complexity index is 642. The molecule has 1 aliphatic rings. The molecular weight excluding hydrogens is 276 g/mol. The molecule has 0 unspecified atom stereocenters. The van der Waals surface area contributed by atoms with Gasteiger partial charge in [-0.3, -0.25) is 4.79 Å². The third-order valence-electron chi connectivity index (χ3n) is 4.08. The standard InChI is InChI=1S/C18H20N2O2/c1-14-2-6-16(7-3-14)19-10-12-20(13-11-19)18(22)15-4-8-17(21)9-5-15/h2-9,21H,10-13H2,1H3. The number of rotatable bonds is 2. The number of hydrogen-bond donors (Lipinski definition) is 1. The molecular formula is C18H20N2O2. The summed E-state index contributed by atoms with van der Waals surface area (Å²) in [5, 5.41) is 9.30. The minimum atomic E-state index is 0.0311. The van der Waals surface area contributed by atoms with Gasteiger partial charge in [0.15, 0.2) is 0 Å². The minimum Gasteiger partial charge on any atom is -0.508 e. The van der Waals surface area contributed by atoms with Crippen LogP contribution < -0.4 is 4.90 Å². The second-order valence-corrected chi connectivity index (χ2v) is 5.66. The lowest BCUT2D eigenvalue weighted by Crippen LogP contribution is -2.48. The van der Waals surface area contributed by atoms with Crippen LogP contribution in [0.2, 0.25) is 0 Å². The van der Waals surface area contributed by atoms with Crippen LogP contribution in [0.15, 0.2) is 48.5 Å². The zero-order valence-corrected chi connectivity index (χ0v) is 12.7. The van der Waals surface area contributed by atoms with Crippen molar-refractivity contribution in [3.63, 3.8) is 0 Å². The summed E-state index contributed by atoms with van der Waals surface area (Å²) >= 11 is 0. The van der Waals surface area contributed by atoms with Crippen molar-refractivity contribution in [2.45, 2.75) is 6.92 Å². The van der Waals surface area contributed by atoms with Crippen LogP contribution in [-0.2, 0) is 0 Å². The summed E-state index contributed by atoms with van der Waals surface area (Å²) in [5.41, 5.74) is 3.09. The SMILES string of the molecule is Cc1ccc(N2CCN(C(=O)c3ccc(O)cc3)CC2)cc1. The monoisotopic (exact) mass is 296 g/mol. The highest BCUT2D eigenvalue weighted by molar-refractivity contribution is 5.94. The number of carbonyl (C=O) groups excluding carboxylic acids is 1. The summed E-state index contributed by atoms with van der Waals surface area (Å²) in [6.07, 6.45) is 0. The summed E-state index contributed by atoms with van der Waals surface area (Å²) in [6.45, 7) is 5.19. The number of benzene rings is 2. The van der Waals surface area contributed by atoms with E-state index < -0.39 is 0 Å². The number of phenolic OH excluding ortho intramolecular Hbond substituents is 1. The third kappa shape index (κ3) is 3.06. The Hall–Kier alpha value is -2.49. The van der Waals surface area contributed by atoms with Crippen LogP contribution in [0.25, 0.3) is 0 Å². The maximum Gasteiger partial charge on any atom is 0.253 e. The van der Waals surface area contributed by atoms with Crippen LogP contribution in [0.3, 0.4) is 0 Å². The first kappa shape index (κ1) is 14.4. The van der Waals surface area contributed by atoms with E-state index in [4.69, 9.17) is 0 Å². The Morgan fingerprint density at radius 3 is 2.09 bits per heavy atom. The van der Waals surface area contributed by atoms with Crippen LogP contribution in [0.5, 0.6) is 5.75 Å². The molecule has 0 bridgehead atoms. The van der Waals surface area contributed by atoms with E-state index in [0.717, 1.165) is 13.1 Å². The van der Waals surface area contributed by atoms with Crippen molar-refractivity contribution in [2.75, 3.05) is 31.1 Å². The first-order valence-electron chi connectivity index (χ1n) is 7.53. The van der Waals surface area contributed by atoms with Crippen molar-refractivity contribution >= 4 is 11.6 Å². The Balaban J connectivity index is 1.62. The Labute approximate surface area is 130 Å². The number of anilines is 1. The molecule has 0 aromatic heterocycles. The van der Waals surface area contributed by atoms with Crippen molar-refractivity contribution < 1.29 is 9.90 Å². The van der Waals surface area contributed by atoms with E-state index in [2.05, 4.69) is 36.1 Å². The summed E-state index contributed by atoms with van der Waals surface area (Å²) in [7, 11) is 0. The largest absolute Gasteiger partial charge is 0.508 e. The normalized spacial score (nSPS) is 15.0. The second kappa shape index (κ2) is 6.10. The van der Waals surface area contributed by atoms with E-state index in [1.807, 2.05) is 4.90 Å². The first-order valence-corrected chi connectivity index (χ1v) is 7.53. The van der Waals surface area contributed by atoms with E-state index in [-0.39, 0.29) is 11.7 Å². The highest BCUT2D eigenvalue weighted by atomic mass is 16.3. The fourth-order valence-electron chi connectivity index (χ4n) is 2.71. The van der Waals surface area contributed by atoms with Crippen LogP contribution in [-0.4, -0.2) is 42.1 Å². The number of phenols is 1. The van der Waals surface area contributed by atoms with Gasteiger partial charge in [-0.05, 0) is 43.3 Å². The summed E-state index contributed by atoms with van der Waals surface area (Å²) in [6, 6.07) is 14.9. The van der Waals surface area contributed by atoms with Crippen molar-refractivity contribution in [3.05, 3.63) is 59.7 Å². The highest BCUT2D eigenvalue weighted by Gasteiger charge is 2.22. The minimum absolute atomic E-state index is 0.0311. The van der Waals surface area contributed by atoms with Gasteiger partial charge in [-0.25, -0.2) is 0 Å². The van der Waals surface area contributed by atoms with E-state index in [0.29, 0.717) is 18.7 Å². The van der Waals surface area contributed by atoms with Crippen LogP contribution in [0.1, 0.15) is 15.9 Å². The highest BCUT2D eigenvalue weighted by Crippen LogP contribution is 2.18. The number of aromatic hydroxyl groups is 1. The van der Waals surface area contributed by atoms with Crippen molar-refractivity contribution in [1.82, 2.24) is 4.90 Å². The number of carbonyl (C=O) groups is 1. The molecule has 1 saturated heterocycles. The molecule has 2 aromatic carbocycles. The first-order chi connectivity index (χ1) is 10.6. The van der Waals surface area contributed by atoms with Gasteiger partial charge in [0.25, 0.3) is 5.91 Å². The van der Waals surface area contributed by atoms with Gasteiger partial charge >= 0.3 is 0 Å². The summed E-state index contributed by atoms with van der Waals surface area (Å²) in [4.78, 5) is 16.6. The molecule has 0 atom stereocenters. The zero-order chi connectivity index (χ0) is 15.5. The molecule has 0 aliphatic carbocycles. The van der Waals surface area contributed by atoms with Gasteiger partial charge in [0, 0.05) is 37.4 Å². The van der Waals surface area contributed by atoms with Crippen LogP contribution in [0, 0.1) is 6.92 Å². The second-order valence-electron chi connectivity index (χ2n) is 5.66. The van der Waals surface area contributed by atoms with Crippen LogP contribution >= 0.6 is 0 Å². The maximum absolute atomic E-state index is 12.4. The van der Waals surface area contributed by atoms with E-state index >= 15 is 0 Å². The Morgan fingerprint density at radius 2 is 1.50 bits per heavy atom. The number of nitrogens with zero attached hydrogens (tertiary/aromatic N) is 2. The zero-order valence-electron chi connectivity index (χ0n) is 12.7. The number of piperazine rings is 1. The lowest BCUT2D eigenvalue weighted by atomic mass is 10.1. The lowest BCUT2D eigenvalue weighted by Gasteiger charge is -2.36. The maximum atomic E-state index is 12.4. The van der Waals surface area contributed by atoms with E-state index in [1.54, 1.807) is 24.3 Å². The molecule has 1 fully saturated rings. The number of amides is 1. The van der Waals surface area contributed by atoms with Crippen LogP contribution in [0.4, 0.5) is 5.69 Å². The Morgan fingerprint density at radius 1 is 0.909 bits per heavy atom. The van der Waals surface area contributed by atoms with Gasteiger partial charge in [0.1, 0.15) is 5.75 Å². The smallest absolute Gasteiger partial charge is 0.253 e. The number of hydrogen-bond acceptors (Lipinski definition) is 3. The Kier molecular flexibility index (Phi) is 4.00. The molecule has 1 heterocycles. The van der Waals surface area contributed by atoms with Gasteiger partial charge in [0.2, 0.25) is 0 Å². The molecule has 1 amide bonds. The molecule has 1 N–H and O–H groups in total. The summed E-state index contributed by atoms with van der Waals surface area (Å²) in [5.74, 6) is 0.212. The molecule has 3 rings (SSSR count). The molecule has 2 aromatic rings. The van der Waals surface area contributed by atoms with E-state index in [1.165, 1.54) is 11.3 Å². The number of aryl methyl sites for hydroxylation is 1. The van der Waals surface area contributed by atoms with Crippen molar-refractivity contribution in [1.29, 1.82) is 0 Å². The molecule has 0 radical (unpaired) electrons. The van der Waals surface area contributed by atoms with Crippen molar-refractivity contribution in [2.24, 2.45) is 0 Å². The predicted octanol–water partition coefficient (Wildman–Crippen LogP) is 2.66. The van der Waals surface area contributed by atoms with Gasteiger partial charge < -0.3 is 14.9 Å². The topological polar surface area (TPSA) is 43.8 Å². The fourth-order valence-corrected chi connectivity index (χ4v) is 2.71. The predicted molar refractivity (Wildman–Crippen MR) is 87.4 cm³/mol. The van der Waals surface area contributed by atoms with Gasteiger partial charge in [-0.2, -0.15) is 0 Å². The summed E-state index contributed by atoms with van der Waals surface area (Å²) < 4.78 is 0. The molecule has 0 spiro atoms. The quantitative estimate of drug-likeness (QED) is 0.926. The fraction of sp³-hybridized carbons (Fsp3) is 0.278. The van der Waals surface area contributed by atoms with Gasteiger partial charge in [-0.1, -0.05) is 17.7 Å². The van der Waals surface area contributed by atoms with Gasteiger partial charge in [-0.15, -0.1) is 0 Å². The molecule has 4 heteroatoms. The van der Waals surface area contributed by atoms with E-state index in [9.17, 15) is 9.90 Å². The lowest BCUT2D eigenvalue weighted by molar-refractivity contribution is 0.0747. The molecule has 114 valence electrons. The average Bonchev–Trinajstić information content (AvgIpc) is 2.56. The van der Waals surface area contributed by atoms with Crippen molar-refractivity contribution in [3.8, 4) is 5.75 Å². The molecule has 1 aliphatic heterocycles. The molecule has 4 nitrogen and oxygen atoms in total. The average molecular weight is 296 g/mol. The third-order valence-corrected chi connectivity index (χ3v) is 4.08. The molecule has 22 heavy (non-hydrogen) atoms.